The second kappa shape index (κ2) is 13.9. The first kappa shape index (κ1) is 31.9. The van der Waals surface area contributed by atoms with Crippen molar-refractivity contribution in [3.05, 3.63) is 154 Å². The summed E-state index contributed by atoms with van der Waals surface area (Å²) in [5.41, 5.74) is 4.97. The van der Waals surface area contributed by atoms with Crippen molar-refractivity contribution in [1.29, 1.82) is 0 Å². The summed E-state index contributed by atoms with van der Waals surface area (Å²) in [5.74, 6) is 1.83. The van der Waals surface area contributed by atoms with Crippen LogP contribution in [-0.4, -0.2) is 31.6 Å². The molecular formula is C36H32O7S. The average molecular weight is 609 g/mol. The minimum absolute atomic E-state index is 0.00271. The van der Waals surface area contributed by atoms with Crippen LogP contribution in [0.1, 0.15) is 48.5 Å². The molecule has 1 N–H and O–H groups in total. The second-order valence-electron chi connectivity index (χ2n) is 10.2. The zero-order valence-corrected chi connectivity index (χ0v) is 25.6. The number of ketones is 2. The highest BCUT2D eigenvalue weighted by atomic mass is 32.2. The summed E-state index contributed by atoms with van der Waals surface area (Å²) in [6, 6.07) is 33.0. The zero-order valence-electron chi connectivity index (χ0n) is 24.8. The molecule has 0 aromatic heterocycles. The molecule has 0 unspecified atom stereocenters. The molecular weight excluding hydrogens is 576 g/mol. The summed E-state index contributed by atoms with van der Waals surface area (Å²) in [5, 5.41) is 0. The molecule has 44 heavy (non-hydrogen) atoms. The number of carbonyl (C=O) groups is 2. The van der Waals surface area contributed by atoms with Crippen LogP contribution < -0.4 is 9.47 Å². The fraction of sp³-hybridized carbons (Fsp3) is 0.111. The predicted octanol–water partition coefficient (Wildman–Crippen LogP) is 7.81. The van der Waals surface area contributed by atoms with Crippen molar-refractivity contribution in [2.24, 2.45) is 0 Å². The monoisotopic (exact) mass is 608 g/mol. The third-order valence-electron chi connectivity index (χ3n) is 6.74. The lowest BCUT2D eigenvalue weighted by Gasteiger charge is -2.08. The van der Waals surface area contributed by atoms with Gasteiger partial charge in [-0.1, -0.05) is 65.7 Å². The number of hydrogen-bond donors (Lipinski definition) is 1. The molecule has 0 heterocycles. The fourth-order valence-corrected chi connectivity index (χ4v) is 4.81. The molecule has 8 heteroatoms. The molecule has 0 fully saturated rings. The molecule has 224 valence electrons. The summed E-state index contributed by atoms with van der Waals surface area (Å²) in [7, 11) is -2.70. The molecule has 5 rings (SSSR count). The molecule has 0 amide bonds. The van der Waals surface area contributed by atoms with E-state index >= 15 is 0 Å². The Morgan fingerprint density at radius 3 is 1.82 bits per heavy atom. The van der Waals surface area contributed by atoms with Gasteiger partial charge in [0.2, 0.25) is 0 Å². The van der Waals surface area contributed by atoms with E-state index in [9.17, 15) is 18.0 Å². The van der Waals surface area contributed by atoms with E-state index in [0.29, 0.717) is 28.2 Å². The smallest absolute Gasteiger partial charge is 0.294 e. The van der Waals surface area contributed by atoms with Crippen LogP contribution in [0.15, 0.2) is 120 Å². The van der Waals surface area contributed by atoms with Crippen LogP contribution in [0.25, 0.3) is 0 Å². The molecule has 0 radical (unpaired) electrons. The van der Waals surface area contributed by atoms with E-state index in [0.717, 1.165) is 22.4 Å². The van der Waals surface area contributed by atoms with Gasteiger partial charge in [0.05, 0.1) is 12.0 Å². The molecule has 0 spiro atoms. The van der Waals surface area contributed by atoms with Crippen LogP contribution in [0.2, 0.25) is 0 Å². The van der Waals surface area contributed by atoms with Crippen LogP contribution in [0.3, 0.4) is 0 Å². The van der Waals surface area contributed by atoms with E-state index in [-0.39, 0.29) is 22.0 Å². The van der Waals surface area contributed by atoms with Gasteiger partial charge in [-0.05, 0) is 80.9 Å². The summed E-state index contributed by atoms with van der Waals surface area (Å²) in [4.78, 5) is 24.6. The maximum atomic E-state index is 12.5. The summed E-state index contributed by atoms with van der Waals surface area (Å²) < 4.78 is 42.2. The summed E-state index contributed by atoms with van der Waals surface area (Å²) in [6.45, 7) is 5.70. The van der Waals surface area contributed by atoms with E-state index in [1.165, 1.54) is 24.3 Å². The van der Waals surface area contributed by atoms with Gasteiger partial charge in [0, 0.05) is 28.3 Å². The van der Waals surface area contributed by atoms with Gasteiger partial charge in [0.1, 0.15) is 17.2 Å². The number of methoxy groups -OCH3 is 1. The van der Waals surface area contributed by atoms with Crippen LogP contribution >= 0.6 is 0 Å². The van der Waals surface area contributed by atoms with E-state index in [1.54, 1.807) is 37.4 Å². The number of hydrogen-bond acceptors (Lipinski definition) is 6. The highest BCUT2D eigenvalue weighted by Crippen LogP contribution is 2.26. The van der Waals surface area contributed by atoms with Gasteiger partial charge in [0.15, 0.2) is 11.6 Å². The Kier molecular flexibility index (Phi) is 10.1. The van der Waals surface area contributed by atoms with E-state index < -0.39 is 10.1 Å². The number of aryl methyl sites for hydroxylation is 3. The SMILES string of the molecule is COc1cccc(Oc2ccc(C(=O)c3ccc(C)cc3)cc2)c1.Cc1ccc(C)c(C(=O)c2cccc(S(=O)(=O)O)c2)c1. The largest absolute Gasteiger partial charge is 0.497 e. The van der Waals surface area contributed by atoms with Crippen molar-refractivity contribution in [3.8, 4) is 17.2 Å². The molecule has 5 aromatic rings. The lowest BCUT2D eigenvalue weighted by atomic mass is 9.97. The number of carbonyl (C=O) groups excluding carboxylic acids is 2. The molecule has 5 aromatic carbocycles. The summed E-state index contributed by atoms with van der Waals surface area (Å²) >= 11 is 0. The molecule has 0 bridgehead atoms. The van der Waals surface area contributed by atoms with Gasteiger partial charge in [-0.3, -0.25) is 14.1 Å². The fourth-order valence-electron chi connectivity index (χ4n) is 4.28. The lowest BCUT2D eigenvalue weighted by Crippen LogP contribution is -2.06. The van der Waals surface area contributed by atoms with Gasteiger partial charge in [-0.15, -0.1) is 0 Å². The molecule has 0 atom stereocenters. The van der Waals surface area contributed by atoms with E-state index in [4.69, 9.17) is 14.0 Å². The van der Waals surface area contributed by atoms with Gasteiger partial charge >= 0.3 is 0 Å². The second-order valence-corrected chi connectivity index (χ2v) is 11.6. The molecule has 0 saturated carbocycles. The highest BCUT2D eigenvalue weighted by molar-refractivity contribution is 7.85. The predicted molar refractivity (Wildman–Crippen MR) is 170 cm³/mol. The quantitative estimate of drug-likeness (QED) is 0.141. The zero-order chi connectivity index (χ0) is 31.9. The Bertz CT molecular complexity index is 1890. The van der Waals surface area contributed by atoms with Crippen molar-refractivity contribution in [2.75, 3.05) is 7.11 Å². The Labute approximate surface area is 257 Å². The Balaban J connectivity index is 0.000000204. The lowest BCUT2D eigenvalue weighted by molar-refractivity contribution is 0.103. The van der Waals surface area contributed by atoms with Crippen molar-refractivity contribution in [1.82, 2.24) is 0 Å². The van der Waals surface area contributed by atoms with E-state index in [2.05, 4.69) is 0 Å². The average Bonchev–Trinajstić information content (AvgIpc) is 3.02. The van der Waals surface area contributed by atoms with Crippen LogP contribution in [0.5, 0.6) is 17.2 Å². The Hall–Kier alpha value is -5.05. The van der Waals surface area contributed by atoms with Gasteiger partial charge in [0.25, 0.3) is 10.1 Å². The van der Waals surface area contributed by atoms with Crippen molar-refractivity contribution < 1.29 is 32.0 Å². The Morgan fingerprint density at radius 1 is 0.591 bits per heavy atom. The summed E-state index contributed by atoms with van der Waals surface area (Å²) in [6.07, 6.45) is 0. The molecule has 0 aliphatic heterocycles. The Morgan fingerprint density at radius 2 is 1.18 bits per heavy atom. The minimum Gasteiger partial charge on any atom is -0.497 e. The standard InChI is InChI=1S/C21H18O3.C15H14O4S/c1-15-6-8-16(9-7-15)21(22)17-10-12-18(13-11-17)24-20-5-3-4-19(14-20)23-2;1-10-6-7-11(2)14(8-10)15(16)12-4-3-5-13(9-12)20(17,18)19/h3-14H,1-2H3;3-9H,1-2H3,(H,17,18,19). The van der Waals surface area contributed by atoms with Crippen molar-refractivity contribution >= 4 is 21.7 Å². The van der Waals surface area contributed by atoms with Crippen LogP contribution in [0, 0.1) is 20.8 Å². The molecule has 0 aliphatic carbocycles. The first-order valence-corrected chi connectivity index (χ1v) is 15.1. The first-order chi connectivity index (χ1) is 20.9. The highest BCUT2D eigenvalue weighted by Gasteiger charge is 2.16. The van der Waals surface area contributed by atoms with Crippen molar-refractivity contribution in [2.45, 2.75) is 25.7 Å². The third kappa shape index (κ3) is 8.28. The number of benzene rings is 5. The first-order valence-electron chi connectivity index (χ1n) is 13.7. The normalized spacial score (nSPS) is 10.8. The van der Waals surface area contributed by atoms with Gasteiger partial charge < -0.3 is 9.47 Å². The van der Waals surface area contributed by atoms with Crippen molar-refractivity contribution in [3.63, 3.8) is 0 Å². The van der Waals surface area contributed by atoms with E-state index in [1.807, 2.05) is 81.4 Å². The minimum atomic E-state index is -4.31. The molecule has 7 nitrogen and oxygen atoms in total. The maximum Gasteiger partial charge on any atom is 0.294 e. The molecule has 0 saturated heterocycles. The third-order valence-corrected chi connectivity index (χ3v) is 7.59. The number of ether oxygens (including phenoxy) is 2. The number of rotatable bonds is 8. The van der Waals surface area contributed by atoms with Gasteiger partial charge in [-0.25, -0.2) is 0 Å². The van der Waals surface area contributed by atoms with Gasteiger partial charge in [-0.2, -0.15) is 8.42 Å². The maximum absolute atomic E-state index is 12.5. The van der Waals surface area contributed by atoms with Crippen LogP contribution in [-0.2, 0) is 10.1 Å². The topological polar surface area (TPSA) is 107 Å². The molecule has 0 aliphatic rings. The van der Waals surface area contributed by atoms with Crippen LogP contribution in [0.4, 0.5) is 0 Å².